The van der Waals surface area contributed by atoms with Gasteiger partial charge in [0.05, 0.1) is 29.3 Å². The summed E-state index contributed by atoms with van der Waals surface area (Å²) in [5, 5.41) is 11.6. The number of rotatable bonds is 4. The first-order chi connectivity index (χ1) is 14.2. The molecule has 0 saturated carbocycles. The minimum atomic E-state index is 0.330. The molecule has 1 N–H and O–H groups in total. The van der Waals surface area contributed by atoms with Crippen molar-refractivity contribution in [3.8, 4) is 28.4 Å². The van der Waals surface area contributed by atoms with E-state index in [-0.39, 0.29) is 0 Å². The van der Waals surface area contributed by atoms with Gasteiger partial charge in [0.2, 0.25) is 0 Å². The lowest BCUT2D eigenvalue weighted by Gasteiger charge is -2.26. The fourth-order valence-corrected chi connectivity index (χ4v) is 4.01. The topological polar surface area (TPSA) is 81.5 Å². The summed E-state index contributed by atoms with van der Waals surface area (Å²) in [6.45, 7) is 3.40. The Kier molecular flexibility index (Phi) is 4.52. The second kappa shape index (κ2) is 7.33. The molecule has 3 aromatic heterocycles. The maximum Gasteiger partial charge on any atom is 0.141 e. The fourth-order valence-electron chi connectivity index (χ4n) is 3.77. The summed E-state index contributed by atoms with van der Waals surface area (Å²) in [5.41, 5.74) is 5.42. The van der Waals surface area contributed by atoms with Crippen LogP contribution in [0, 0.1) is 6.92 Å². The standard InChI is InChI=1S/C21H19ClN6O/c1-13-20(26-27-25-13)14-5-7-23-18(9-14)19-11-28(12-24-19)10-15-6-8-29-21-16(15)3-2-4-17(21)22/h2-5,7,9,11-12,15H,6,8,10H2,1H3,(H,25,26,27)/t15-/m1/s1. The smallest absolute Gasteiger partial charge is 0.141 e. The van der Waals surface area contributed by atoms with Crippen molar-refractivity contribution in [2.45, 2.75) is 25.8 Å². The van der Waals surface area contributed by atoms with Gasteiger partial charge in [-0.1, -0.05) is 23.7 Å². The molecule has 8 heteroatoms. The van der Waals surface area contributed by atoms with E-state index in [1.807, 2.05) is 43.7 Å². The summed E-state index contributed by atoms with van der Waals surface area (Å²) in [6.07, 6.45) is 6.60. The van der Waals surface area contributed by atoms with Crippen LogP contribution in [0.2, 0.25) is 5.02 Å². The predicted octanol–water partition coefficient (Wildman–Crippen LogP) is 4.26. The van der Waals surface area contributed by atoms with Gasteiger partial charge in [-0.2, -0.15) is 15.4 Å². The minimum Gasteiger partial charge on any atom is -0.492 e. The highest BCUT2D eigenvalue weighted by Crippen LogP contribution is 2.39. The first-order valence-electron chi connectivity index (χ1n) is 9.46. The van der Waals surface area contributed by atoms with Crippen LogP contribution in [0.1, 0.15) is 23.6 Å². The van der Waals surface area contributed by atoms with E-state index in [1.54, 1.807) is 6.20 Å². The number of pyridine rings is 1. The molecule has 1 aliphatic rings. The highest BCUT2D eigenvalue weighted by molar-refractivity contribution is 6.32. The number of nitrogens with zero attached hydrogens (tertiary/aromatic N) is 5. The van der Waals surface area contributed by atoms with Crippen LogP contribution in [0.15, 0.2) is 49.1 Å². The maximum absolute atomic E-state index is 6.30. The summed E-state index contributed by atoms with van der Waals surface area (Å²) in [5.74, 6) is 1.14. The second-order valence-electron chi connectivity index (χ2n) is 7.14. The quantitative estimate of drug-likeness (QED) is 0.547. The molecule has 0 spiro atoms. The number of fused-ring (bicyclic) bond motifs is 1. The molecule has 0 fully saturated rings. The van der Waals surface area contributed by atoms with Crippen LogP contribution in [0.3, 0.4) is 0 Å². The Balaban J connectivity index is 1.40. The van der Waals surface area contributed by atoms with Crippen molar-refractivity contribution in [2.24, 2.45) is 0 Å². The molecule has 0 saturated heterocycles. The average Bonchev–Trinajstić information content (AvgIpc) is 3.38. The highest BCUT2D eigenvalue weighted by Gasteiger charge is 2.23. The number of para-hydroxylation sites is 1. The molecule has 0 radical (unpaired) electrons. The van der Waals surface area contributed by atoms with Crippen LogP contribution in [-0.4, -0.2) is 36.6 Å². The minimum absolute atomic E-state index is 0.330. The maximum atomic E-state index is 6.30. The molecule has 0 unspecified atom stereocenters. The number of aromatic amines is 1. The number of nitrogens with one attached hydrogen (secondary N) is 1. The van der Waals surface area contributed by atoms with Crippen molar-refractivity contribution >= 4 is 11.6 Å². The molecule has 1 aliphatic heterocycles. The van der Waals surface area contributed by atoms with E-state index in [9.17, 15) is 0 Å². The SMILES string of the molecule is Cc1n[nH]nc1-c1ccnc(-c2cn(C[C@H]3CCOc4c(Cl)cccc43)cn2)c1. The average molecular weight is 407 g/mol. The van der Waals surface area contributed by atoms with E-state index in [0.29, 0.717) is 17.5 Å². The van der Waals surface area contributed by atoms with Gasteiger partial charge in [0, 0.05) is 36.0 Å². The zero-order valence-corrected chi connectivity index (χ0v) is 16.6. The summed E-state index contributed by atoms with van der Waals surface area (Å²) in [4.78, 5) is 9.05. The molecule has 1 aromatic carbocycles. The third-order valence-corrected chi connectivity index (χ3v) is 5.53. The Morgan fingerprint density at radius 1 is 1.21 bits per heavy atom. The molecule has 5 rings (SSSR count). The van der Waals surface area contributed by atoms with Gasteiger partial charge in [0.25, 0.3) is 0 Å². The Bertz CT molecular complexity index is 1170. The number of aromatic nitrogens is 6. The van der Waals surface area contributed by atoms with E-state index in [2.05, 4.69) is 36.0 Å². The molecule has 7 nitrogen and oxygen atoms in total. The van der Waals surface area contributed by atoms with Crippen molar-refractivity contribution in [2.75, 3.05) is 6.61 Å². The number of H-pyrrole nitrogens is 1. The molecule has 0 bridgehead atoms. The molecular weight excluding hydrogens is 388 g/mol. The molecule has 146 valence electrons. The van der Waals surface area contributed by atoms with Gasteiger partial charge in [-0.3, -0.25) is 4.98 Å². The van der Waals surface area contributed by atoms with Gasteiger partial charge in [-0.25, -0.2) is 4.98 Å². The molecule has 4 heterocycles. The summed E-state index contributed by atoms with van der Waals surface area (Å²) in [6, 6.07) is 9.85. The van der Waals surface area contributed by atoms with E-state index in [4.69, 9.17) is 16.3 Å². The second-order valence-corrected chi connectivity index (χ2v) is 7.54. The largest absolute Gasteiger partial charge is 0.492 e. The van der Waals surface area contributed by atoms with Gasteiger partial charge < -0.3 is 9.30 Å². The van der Waals surface area contributed by atoms with Gasteiger partial charge in [-0.05, 0) is 31.5 Å². The Morgan fingerprint density at radius 2 is 2.14 bits per heavy atom. The number of halogens is 1. The third kappa shape index (κ3) is 3.38. The number of ether oxygens (including phenoxy) is 1. The Labute approximate surface area is 172 Å². The Morgan fingerprint density at radius 3 is 3.00 bits per heavy atom. The van der Waals surface area contributed by atoms with Crippen LogP contribution in [-0.2, 0) is 6.54 Å². The zero-order valence-electron chi connectivity index (χ0n) is 15.8. The molecule has 0 amide bonds. The van der Waals surface area contributed by atoms with Crippen LogP contribution in [0.4, 0.5) is 0 Å². The van der Waals surface area contributed by atoms with Crippen LogP contribution in [0.5, 0.6) is 5.75 Å². The summed E-state index contributed by atoms with van der Waals surface area (Å²) < 4.78 is 7.88. The number of imidazole rings is 1. The summed E-state index contributed by atoms with van der Waals surface area (Å²) in [7, 11) is 0. The molecule has 4 aromatic rings. The van der Waals surface area contributed by atoms with Gasteiger partial charge in [0.15, 0.2) is 0 Å². The van der Waals surface area contributed by atoms with E-state index in [1.165, 1.54) is 0 Å². The lowest BCUT2D eigenvalue weighted by Crippen LogP contribution is -2.18. The number of hydrogen-bond donors (Lipinski definition) is 1. The molecule has 0 aliphatic carbocycles. The fraction of sp³-hybridized carbons (Fsp3) is 0.238. The molecule has 29 heavy (non-hydrogen) atoms. The van der Waals surface area contributed by atoms with Gasteiger partial charge in [0.1, 0.15) is 17.1 Å². The normalized spacial score (nSPS) is 15.7. The summed E-state index contributed by atoms with van der Waals surface area (Å²) >= 11 is 6.30. The first-order valence-corrected chi connectivity index (χ1v) is 9.84. The van der Waals surface area contributed by atoms with Crippen LogP contribution >= 0.6 is 11.6 Å². The van der Waals surface area contributed by atoms with Crippen molar-refractivity contribution in [1.82, 2.24) is 29.9 Å². The highest BCUT2D eigenvalue weighted by atomic mass is 35.5. The van der Waals surface area contributed by atoms with E-state index < -0.39 is 0 Å². The van der Waals surface area contributed by atoms with Crippen molar-refractivity contribution in [3.63, 3.8) is 0 Å². The monoisotopic (exact) mass is 406 g/mol. The molecular formula is C21H19ClN6O. The predicted molar refractivity (Wildman–Crippen MR) is 110 cm³/mol. The Hall–Kier alpha value is -3.19. The van der Waals surface area contributed by atoms with Crippen LogP contribution < -0.4 is 4.74 Å². The third-order valence-electron chi connectivity index (χ3n) is 5.23. The van der Waals surface area contributed by atoms with Crippen LogP contribution in [0.25, 0.3) is 22.6 Å². The zero-order chi connectivity index (χ0) is 19.8. The number of aryl methyl sites for hydroxylation is 1. The van der Waals surface area contributed by atoms with Crippen molar-refractivity contribution in [3.05, 3.63) is 65.3 Å². The molecule has 1 atom stereocenters. The number of benzene rings is 1. The van der Waals surface area contributed by atoms with E-state index >= 15 is 0 Å². The van der Waals surface area contributed by atoms with Crippen molar-refractivity contribution in [1.29, 1.82) is 0 Å². The van der Waals surface area contributed by atoms with Gasteiger partial charge in [-0.15, -0.1) is 0 Å². The van der Waals surface area contributed by atoms with Crippen molar-refractivity contribution < 1.29 is 4.74 Å². The lowest BCUT2D eigenvalue weighted by molar-refractivity contribution is 0.259. The van der Waals surface area contributed by atoms with Gasteiger partial charge >= 0.3 is 0 Å². The first kappa shape index (κ1) is 17.9. The van der Waals surface area contributed by atoms with E-state index in [0.717, 1.165) is 52.6 Å². The number of hydrogen-bond acceptors (Lipinski definition) is 5. The lowest BCUT2D eigenvalue weighted by atomic mass is 9.93.